The highest BCUT2D eigenvalue weighted by Gasteiger charge is 2.54. The first-order valence-corrected chi connectivity index (χ1v) is 11.8. The lowest BCUT2D eigenvalue weighted by molar-refractivity contribution is 0.0224. The number of carbonyl (C=O) groups excluding carboxylic acids is 2. The molecule has 4 aliphatic heterocycles. The Morgan fingerprint density at radius 3 is 1.94 bits per heavy atom. The fourth-order valence-corrected chi connectivity index (χ4v) is 5.40. The topological polar surface area (TPSA) is 94.3 Å². The van der Waals surface area contributed by atoms with Crippen LogP contribution in [0.25, 0.3) is 0 Å². The zero-order valence-electron chi connectivity index (χ0n) is 19.0. The second-order valence-corrected chi connectivity index (χ2v) is 9.34. The van der Waals surface area contributed by atoms with Gasteiger partial charge < -0.3 is 29.7 Å². The van der Waals surface area contributed by atoms with Crippen LogP contribution in [-0.2, 0) is 10.3 Å². The molecule has 35 heavy (non-hydrogen) atoms. The number of hydrogen-bond acceptors (Lipinski definition) is 7. The Balaban J connectivity index is 1.46. The third-order valence-corrected chi connectivity index (χ3v) is 7.41. The Labute approximate surface area is 201 Å². The molecule has 2 N–H and O–H groups in total. The van der Waals surface area contributed by atoms with Crippen molar-refractivity contribution in [2.45, 2.75) is 18.4 Å². The molecule has 4 aliphatic rings. The van der Waals surface area contributed by atoms with Crippen LogP contribution in [0.1, 0.15) is 39.9 Å². The van der Waals surface area contributed by atoms with E-state index < -0.39 is 17.7 Å². The van der Waals surface area contributed by atoms with Gasteiger partial charge in [-0.25, -0.2) is 9.59 Å². The minimum atomic E-state index is -1.23. The summed E-state index contributed by atoms with van der Waals surface area (Å²) in [5.74, 6) is 1.09. The number of rotatable bonds is 3. The van der Waals surface area contributed by atoms with Gasteiger partial charge in [0.2, 0.25) is 0 Å². The summed E-state index contributed by atoms with van der Waals surface area (Å²) in [6.07, 6.45) is 1.41. The molecule has 0 atom stereocenters. The molecule has 4 heterocycles. The molecule has 3 aromatic rings. The molecular weight excluding hydrogens is 446 g/mol. The minimum absolute atomic E-state index is 0.248. The number of benzene rings is 3. The fourth-order valence-electron chi connectivity index (χ4n) is 5.40. The van der Waals surface area contributed by atoms with E-state index in [1.165, 1.54) is 0 Å². The molecule has 2 saturated heterocycles. The predicted octanol–water partition coefficient (Wildman–Crippen LogP) is 4.13. The van der Waals surface area contributed by atoms with E-state index >= 15 is 0 Å². The molecule has 0 saturated carbocycles. The highest BCUT2D eigenvalue weighted by atomic mass is 16.6. The monoisotopic (exact) mass is 469 g/mol. The highest BCUT2D eigenvalue weighted by Crippen LogP contribution is 2.57. The average molecular weight is 469 g/mol. The third-order valence-electron chi connectivity index (χ3n) is 7.41. The van der Waals surface area contributed by atoms with Crippen LogP contribution in [0.5, 0.6) is 17.2 Å². The Morgan fingerprint density at radius 1 is 0.829 bits per heavy atom. The molecule has 2 fully saturated rings. The summed E-state index contributed by atoms with van der Waals surface area (Å²) in [5.41, 5.74) is 8.65. The van der Waals surface area contributed by atoms with Crippen LogP contribution in [0, 0.1) is 0 Å². The molecule has 0 unspecified atom stereocenters. The van der Waals surface area contributed by atoms with E-state index in [0.29, 0.717) is 22.6 Å². The number of nitrogens with two attached hydrogens (primary N) is 1. The van der Waals surface area contributed by atoms with Crippen LogP contribution in [0.2, 0.25) is 0 Å². The van der Waals surface area contributed by atoms with E-state index in [-0.39, 0.29) is 5.75 Å². The van der Waals surface area contributed by atoms with Crippen LogP contribution >= 0.6 is 0 Å². The molecule has 0 radical (unpaired) electrons. The van der Waals surface area contributed by atoms with E-state index in [4.69, 9.17) is 19.9 Å². The molecule has 8 nitrogen and oxygen atoms in total. The van der Waals surface area contributed by atoms with Crippen molar-refractivity contribution in [1.82, 2.24) is 0 Å². The molecule has 3 aromatic carbocycles. The van der Waals surface area contributed by atoms with E-state index in [0.717, 1.165) is 61.5 Å². The maximum atomic E-state index is 13.1. The SMILES string of the molecule is NC(=O)Oc1ccc2c(c1)C1(OC2=O)c2ccc(N3CCC3)cc2Oc2cc(N3CCC3)ccc21. The van der Waals surface area contributed by atoms with Crippen molar-refractivity contribution in [3.05, 3.63) is 76.9 Å². The molecule has 176 valence electrons. The van der Waals surface area contributed by atoms with Gasteiger partial charge in [-0.05, 0) is 55.3 Å². The van der Waals surface area contributed by atoms with Crippen molar-refractivity contribution in [3.63, 3.8) is 0 Å². The summed E-state index contributed by atoms with van der Waals surface area (Å²) in [6, 6.07) is 16.9. The van der Waals surface area contributed by atoms with Gasteiger partial charge in [0.1, 0.15) is 17.2 Å². The van der Waals surface area contributed by atoms with Crippen LogP contribution in [0.15, 0.2) is 54.6 Å². The first kappa shape index (κ1) is 20.2. The number of primary amides is 1. The van der Waals surface area contributed by atoms with Crippen LogP contribution in [-0.4, -0.2) is 38.2 Å². The van der Waals surface area contributed by atoms with E-state index in [2.05, 4.69) is 9.80 Å². The second-order valence-electron chi connectivity index (χ2n) is 9.34. The van der Waals surface area contributed by atoms with Gasteiger partial charge in [-0.15, -0.1) is 0 Å². The largest absolute Gasteiger partial charge is 0.456 e. The molecular formula is C27H23N3O5. The summed E-state index contributed by atoms with van der Waals surface area (Å²) >= 11 is 0. The summed E-state index contributed by atoms with van der Waals surface area (Å²) < 4.78 is 17.9. The van der Waals surface area contributed by atoms with Gasteiger partial charge in [0.25, 0.3) is 0 Å². The molecule has 0 bridgehead atoms. The number of carbonyl (C=O) groups is 2. The first-order chi connectivity index (χ1) is 17.0. The van der Waals surface area contributed by atoms with Gasteiger partial charge in [0.05, 0.1) is 5.56 Å². The summed E-state index contributed by atoms with van der Waals surface area (Å²) in [5, 5.41) is 0. The molecule has 0 aliphatic carbocycles. The highest BCUT2D eigenvalue weighted by molar-refractivity contribution is 5.97. The lowest BCUT2D eigenvalue weighted by atomic mass is 9.77. The summed E-state index contributed by atoms with van der Waals surface area (Å²) in [4.78, 5) is 29.2. The van der Waals surface area contributed by atoms with Crippen LogP contribution < -0.4 is 25.0 Å². The normalized spacial score (nSPS) is 18.5. The zero-order chi connectivity index (χ0) is 23.7. The number of amides is 1. The van der Waals surface area contributed by atoms with Crippen molar-refractivity contribution in [2.24, 2.45) is 5.73 Å². The number of fused-ring (bicyclic) bond motifs is 6. The van der Waals surface area contributed by atoms with Gasteiger partial charge in [-0.1, -0.05) is 0 Å². The Hall–Kier alpha value is -4.20. The standard InChI is InChI=1S/C27H23N3O5/c28-26(32)33-18-5-6-19-22(15-18)27(35-25(19)31)20-7-3-16(29-9-1-10-29)13-23(20)34-24-14-17(4-8-21(24)27)30-11-2-12-30/h3-8,13-15H,1-2,9-12H2,(H2,28,32). The minimum Gasteiger partial charge on any atom is -0.456 e. The maximum Gasteiger partial charge on any atom is 0.409 e. The molecule has 1 spiro atoms. The maximum absolute atomic E-state index is 13.1. The van der Waals surface area contributed by atoms with Crippen LogP contribution in [0.4, 0.5) is 16.2 Å². The Bertz CT molecular complexity index is 1350. The van der Waals surface area contributed by atoms with Crippen molar-refractivity contribution in [3.8, 4) is 17.2 Å². The predicted molar refractivity (Wildman–Crippen MR) is 129 cm³/mol. The molecule has 0 aromatic heterocycles. The molecule has 7 rings (SSSR count). The average Bonchev–Trinajstić information content (AvgIpc) is 3.03. The number of esters is 1. The fraction of sp³-hybridized carbons (Fsp3) is 0.259. The summed E-state index contributed by atoms with van der Waals surface area (Å²) in [7, 11) is 0. The van der Waals surface area contributed by atoms with Gasteiger partial charge in [-0.3, -0.25) is 0 Å². The van der Waals surface area contributed by atoms with Gasteiger partial charge in [0.15, 0.2) is 5.60 Å². The Kier molecular flexibility index (Phi) is 4.13. The number of hydrogen-bond donors (Lipinski definition) is 1. The lowest BCUT2D eigenvalue weighted by Crippen LogP contribution is -2.38. The third kappa shape index (κ3) is 2.86. The number of nitrogens with zero attached hydrogens (tertiary/aromatic N) is 2. The van der Waals surface area contributed by atoms with Crippen molar-refractivity contribution < 1.29 is 23.8 Å². The first-order valence-electron chi connectivity index (χ1n) is 11.8. The van der Waals surface area contributed by atoms with Gasteiger partial charge >= 0.3 is 12.1 Å². The van der Waals surface area contributed by atoms with E-state index in [1.807, 2.05) is 36.4 Å². The van der Waals surface area contributed by atoms with Gasteiger partial charge in [-0.2, -0.15) is 0 Å². The van der Waals surface area contributed by atoms with Crippen molar-refractivity contribution in [2.75, 3.05) is 36.0 Å². The quantitative estimate of drug-likeness (QED) is 0.577. The number of ether oxygens (including phenoxy) is 3. The molecule has 1 amide bonds. The van der Waals surface area contributed by atoms with E-state index in [9.17, 15) is 9.59 Å². The smallest absolute Gasteiger partial charge is 0.409 e. The molecule has 8 heteroatoms. The number of anilines is 2. The zero-order valence-corrected chi connectivity index (χ0v) is 19.0. The van der Waals surface area contributed by atoms with Gasteiger partial charge in [0, 0.05) is 66.4 Å². The van der Waals surface area contributed by atoms with E-state index in [1.54, 1.807) is 18.2 Å². The van der Waals surface area contributed by atoms with Crippen LogP contribution in [0.3, 0.4) is 0 Å². The Morgan fingerprint density at radius 2 is 1.43 bits per heavy atom. The summed E-state index contributed by atoms with van der Waals surface area (Å²) in [6.45, 7) is 4.02. The van der Waals surface area contributed by atoms with Crippen molar-refractivity contribution >= 4 is 23.4 Å². The van der Waals surface area contributed by atoms with Crippen molar-refractivity contribution in [1.29, 1.82) is 0 Å². The lowest BCUT2D eigenvalue weighted by Gasteiger charge is -2.39. The second kappa shape index (κ2) is 7.15.